The lowest BCUT2D eigenvalue weighted by Crippen LogP contribution is -2.81. The lowest BCUT2D eigenvalue weighted by molar-refractivity contribution is -0.345. The Morgan fingerprint density at radius 1 is 1.00 bits per heavy atom. The van der Waals surface area contributed by atoms with Gasteiger partial charge in [-0.1, -0.05) is 32.0 Å². The number of ether oxygens (including phenoxy) is 4. The van der Waals surface area contributed by atoms with Crippen LogP contribution >= 0.6 is 0 Å². The summed E-state index contributed by atoms with van der Waals surface area (Å²) in [5.74, 6) is -4.41. The summed E-state index contributed by atoms with van der Waals surface area (Å²) in [7, 11) is 0. The van der Waals surface area contributed by atoms with Crippen molar-refractivity contribution in [3.8, 4) is 0 Å². The van der Waals surface area contributed by atoms with Gasteiger partial charge in [-0.25, -0.2) is 4.79 Å². The van der Waals surface area contributed by atoms with E-state index in [4.69, 9.17) is 18.9 Å². The van der Waals surface area contributed by atoms with Gasteiger partial charge in [0, 0.05) is 32.1 Å². The van der Waals surface area contributed by atoms with Crippen molar-refractivity contribution in [3.05, 3.63) is 47.0 Å². The molecule has 3 fully saturated rings. The zero-order chi connectivity index (χ0) is 31.0. The molecular weight excluding hydrogens is 548 g/mol. The van der Waals surface area contributed by atoms with Crippen molar-refractivity contribution >= 4 is 23.7 Å². The SMILES string of the molecule is CC(=O)O[C@H]1C(=O)[C@]2(C)[C@@H](O)CC3OC[C@@]3(OC(C)=O)[C@H]2[C@H](OC(=O)c2ccccc2)[C@]2(O)C[C@H](O)C(C)=C1C2(C)C. The molecule has 11 heteroatoms. The van der Waals surface area contributed by atoms with E-state index in [-0.39, 0.29) is 30.6 Å². The lowest BCUT2D eigenvalue weighted by Gasteiger charge is -2.67. The van der Waals surface area contributed by atoms with Crippen LogP contribution in [0.4, 0.5) is 0 Å². The second-order valence-electron chi connectivity index (χ2n) is 12.8. The molecule has 1 heterocycles. The van der Waals surface area contributed by atoms with Crippen molar-refractivity contribution in [3.63, 3.8) is 0 Å². The van der Waals surface area contributed by atoms with Crippen LogP contribution in [0.5, 0.6) is 0 Å². The fourth-order valence-corrected chi connectivity index (χ4v) is 7.91. The van der Waals surface area contributed by atoms with Crippen LogP contribution in [0.1, 0.15) is 64.7 Å². The molecule has 0 amide bonds. The van der Waals surface area contributed by atoms with Crippen molar-refractivity contribution in [2.75, 3.05) is 6.61 Å². The highest BCUT2D eigenvalue weighted by Gasteiger charge is 2.78. The van der Waals surface area contributed by atoms with Gasteiger partial charge in [0.25, 0.3) is 0 Å². The zero-order valence-corrected chi connectivity index (χ0v) is 24.6. The van der Waals surface area contributed by atoms with Crippen LogP contribution in [0, 0.1) is 16.7 Å². The first-order chi connectivity index (χ1) is 19.5. The first-order valence-electron chi connectivity index (χ1n) is 14.1. The van der Waals surface area contributed by atoms with Gasteiger partial charge in [-0.15, -0.1) is 0 Å². The van der Waals surface area contributed by atoms with Crippen molar-refractivity contribution in [2.24, 2.45) is 16.7 Å². The molecule has 0 radical (unpaired) electrons. The molecule has 2 bridgehead atoms. The summed E-state index contributed by atoms with van der Waals surface area (Å²) < 4.78 is 23.5. The van der Waals surface area contributed by atoms with Gasteiger partial charge in [0.1, 0.15) is 17.8 Å². The second kappa shape index (κ2) is 9.97. The summed E-state index contributed by atoms with van der Waals surface area (Å²) in [4.78, 5) is 53.4. The van der Waals surface area contributed by atoms with E-state index in [0.717, 1.165) is 6.92 Å². The molecule has 3 aliphatic carbocycles. The number of benzene rings is 1. The van der Waals surface area contributed by atoms with Crippen LogP contribution in [0.15, 0.2) is 41.5 Å². The number of aliphatic hydroxyl groups is 3. The largest absolute Gasteiger partial charge is 0.455 e. The number of aliphatic hydroxyl groups excluding tert-OH is 2. The van der Waals surface area contributed by atoms with Crippen molar-refractivity contribution in [2.45, 2.75) is 96.1 Å². The van der Waals surface area contributed by atoms with Gasteiger partial charge in [0.05, 0.1) is 35.7 Å². The standard InChI is InChI=1S/C31H38O11/c1-15-19(34)13-31(38)26(41-27(37)18-10-8-7-9-11-18)24-29(6,20(35)12-21-30(24,14-39-21)42-17(3)33)25(36)23(40-16(2)32)22(15)28(31,4)5/h7-11,19-21,23-24,26,34-35,38H,12-14H2,1-6H3/t19-,20-,21?,23+,24-,26-,29+,30-,31+/m0/s1. The number of hydrogen-bond acceptors (Lipinski definition) is 11. The van der Waals surface area contributed by atoms with Crippen molar-refractivity contribution < 1.29 is 53.4 Å². The average molecular weight is 587 g/mol. The second-order valence-corrected chi connectivity index (χ2v) is 12.8. The Balaban J connectivity index is 1.84. The summed E-state index contributed by atoms with van der Waals surface area (Å²) in [5, 5.41) is 35.8. The van der Waals surface area contributed by atoms with Gasteiger partial charge in [-0.2, -0.15) is 0 Å². The molecule has 1 aromatic rings. The third-order valence-corrected chi connectivity index (χ3v) is 10.2. The number of carbonyl (C=O) groups is 4. The third kappa shape index (κ3) is 4.08. The molecule has 2 saturated carbocycles. The van der Waals surface area contributed by atoms with Gasteiger partial charge in [0.2, 0.25) is 0 Å². The maximum atomic E-state index is 14.8. The van der Waals surface area contributed by atoms with E-state index in [1.54, 1.807) is 39.0 Å². The molecule has 1 saturated heterocycles. The first kappa shape index (κ1) is 30.3. The van der Waals surface area contributed by atoms with E-state index in [0.29, 0.717) is 5.57 Å². The molecule has 4 aliphatic rings. The van der Waals surface area contributed by atoms with Gasteiger partial charge in [-0.3, -0.25) is 14.4 Å². The predicted octanol–water partition coefficient (Wildman–Crippen LogP) is 1.65. The number of rotatable bonds is 4. The predicted molar refractivity (Wildman–Crippen MR) is 145 cm³/mol. The number of carbonyl (C=O) groups excluding carboxylic acids is 4. The number of hydrogen-bond donors (Lipinski definition) is 3. The Kier molecular flexibility index (Phi) is 7.20. The van der Waals surface area contributed by atoms with Gasteiger partial charge in [0.15, 0.2) is 17.5 Å². The van der Waals surface area contributed by atoms with Crippen molar-refractivity contribution in [1.29, 1.82) is 0 Å². The van der Waals surface area contributed by atoms with E-state index in [1.165, 1.54) is 26.0 Å². The normalized spacial score (nSPS) is 40.4. The quantitative estimate of drug-likeness (QED) is 0.267. The van der Waals surface area contributed by atoms with Crippen LogP contribution in [0.25, 0.3) is 0 Å². The van der Waals surface area contributed by atoms with E-state index in [9.17, 15) is 34.5 Å². The molecule has 1 aliphatic heterocycles. The molecule has 42 heavy (non-hydrogen) atoms. The fraction of sp³-hybridized carbons (Fsp3) is 0.613. The smallest absolute Gasteiger partial charge is 0.338 e. The lowest BCUT2D eigenvalue weighted by atomic mass is 9.44. The van der Waals surface area contributed by atoms with Crippen LogP contribution in [-0.4, -0.2) is 87.3 Å². The Morgan fingerprint density at radius 3 is 2.19 bits per heavy atom. The molecule has 11 nitrogen and oxygen atoms in total. The monoisotopic (exact) mass is 586 g/mol. The molecule has 1 aromatic carbocycles. The summed E-state index contributed by atoms with van der Waals surface area (Å²) in [6.45, 7) is 8.42. The first-order valence-corrected chi connectivity index (χ1v) is 14.1. The Morgan fingerprint density at radius 2 is 1.64 bits per heavy atom. The van der Waals surface area contributed by atoms with Crippen LogP contribution < -0.4 is 0 Å². The van der Waals surface area contributed by atoms with E-state index >= 15 is 0 Å². The summed E-state index contributed by atoms with van der Waals surface area (Å²) in [6, 6.07) is 8.05. The average Bonchev–Trinajstić information content (AvgIpc) is 2.90. The number of ketones is 1. The maximum absolute atomic E-state index is 14.8. The van der Waals surface area contributed by atoms with E-state index in [1.807, 2.05) is 0 Å². The molecule has 5 rings (SSSR count). The summed E-state index contributed by atoms with van der Waals surface area (Å²) in [6.07, 6.45) is -7.27. The van der Waals surface area contributed by atoms with Gasteiger partial charge in [-0.05, 0) is 37.1 Å². The maximum Gasteiger partial charge on any atom is 0.338 e. The number of esters is 3. The number of fused-ring (bicyclic) bond motifs is 5. The van der Waals surface area contributed by atoms with Crippen molar-refractivity contribution in [1.82, 2.24) is 0 Å². The highest BCUT2D eigenvalue weighted by atomic mass is 16.6. The fourth-order valence-electron chi connectivity index (χ4n) is 7.91. The summed E-state index contributed by atoms with van der Waals surface area (Å²) in [5.41, 5.74) is -6.38. The molecular formula is C31H38O11. The molecule has 0 aromatic heterocycles. The minimum absolute atomic E-state index is 0.110. The molecule has 0 spiro atoms. The van der Waals surface area contributed by atoms with Gasteiger partial charge >= 0.3 is 17.9 Å². The molecule has 3 N–H and O–H groups in total. The van der Waals surface area contributed by atoms with Crippen LogP contribution in [0.3, 0.4) is 0 Å². The molecule has 9 atom stereocenters. The Hall–Kier alpha value is -3.12. The third-order valence-electron chi connectivity index (χ3n) is 10.2. The van der Waals surface area contributed by atoms with Crippen LogP contribution in [-0.2, 0) is 33.3 Å². The summed E-state index contributed by atoms with van der Waals surface area (Å²) >= 11 is 0. The van der Waals surface area contributed by atoms with E-state index < -0.39 is 82.2 Å². The highest BCUT2D eigenvalue weighted by molar-refractivity contribution is 5.95. The topological polar surface area (TPSA) is 166 Å². The minimum atomic E-state index is -2.11. The highest BCUT2D eigenvalue weighted by Crippen LogP contribution is 2.64. The zero-order valence-electron chi connectivity index (χ0n) is 24.6. The molecule has 228 valence electrons. The Labute approximate surface area is 243 Å². The Bertz CT molecular complexity index is 1350. The van der Waals surface area contributed by atoms with Gasteiger partial charge < -0.3 is 34.3 Å². The van der Waals surface area contributed by atoms with E-state index in [2.05, 4.69) is 0 Å². The minimum Gasteiger partial charge on any atom is -0.455 e. The number of Topliss-reactive ketones (excluding diaryl/α,β-unsaturated/α-hetero) is 1. The molecule has 1 unspecified atom stereocenters. The van der Waals surface area contributed by atoms with Crippen LogP contribution in [0.2, 0.25) is 0 Å².